The highest BCUT2D eigenvalue weighted by Crippen LogP contribution is 2.16. The topological polar surface area (TPSA) is 84.5 Å². The van der Waals surface area contributed by atoms with Crippen LogP contribution < -0.4 is 14.8 Å². The Kier molecular flexibility index (Phi) is 7.38. The first-order valence-corrected chi connectivity index (χ1v) is 10.3. The first-order chi connectivity index (χ1) is 12.8. The molecule has 0 aromatic heterocycles. The van der Waals surface area contributed by atoms with Gasteiger partial charge in [-0.2, -0.15) is 4.72 Å². The fourth-order valence-electron chi connectivity index (χ4n) is 2.48. The Bertz CT molecular complexity index is 834. The average molecular weight is 391 g/mol. The zero-order chi connectivity index (χ0) is 19.9. The van der Waals surface area contributed by atoms with E-state index in [9.17, 15) is 13.2 Å². The number of benzene rings is 2. The van der Waals surface area contributed by atoms with E-state index in [1.807, 2.05) is 44.2 Å². The van der Waals surface area contributed by atoms with Crippen LogP contribution in [0.3, 0.4) is 0 Å². The summed E-state index contributed by atoms with van der Waals surface area (Å²) in [7, 11) is -2.34. The lowest BCUT2D eigenvalue weighted by Gasteiger charge is -2.19. The summed E-state index contributed by atoms with van der Waals surface area (Å²) in [5.41, 5.74) is 0.875. The number of methoxy groups -OCH3 is 1. The van der Waals surface area contributed by atoms with E-state index >= 15 is 0 Å². The summed E-state index contributed by atoms with van der Waals surface area (Å²) in [4.78, 5) is 12.7. The number of carbonyl (C=O) groups is 1. The van der Waals surface area contributed by atoms with Crippen molar-refractivity contribution in [1.29, 1.82) is 0 Å². The molecule has 1 atom stereocenters. The highest BCUT2D eigenvalue weighted by atomic mass is 32.2. The summed E-state index contributed by atoms with van der Waals surface area (Å²) in [6.45, 7) is 4.44. The third-order valence-electron chi connectivity index (χ3n) is 3.95. The maximum Gasteiger partial charge on any atom is 0.241 e. The van der Waals surface area contributed by atoms with Crippen LogP contribution in [0.25, 0.3) is 0 Å². The molecule has 2 N–H and O–H groups in total. The van der Waals surface area contributed by atoms with Crippen molar-refractivity contribution in [2.75, 3.05) is 13.7 Å². The van der Waals surface area contributed by atoms with Gasteiger partial charge in [-0.05, 0) is 42.2 Å². The number of carbonyl (C=O) groups excluding carboxylic acids is 1. The molecule has 0 fully saturated rings. The third kappa shape index (κ3) is 6.37. The van der Waals surface area contributed by atoms with Crippen molar-refractivity contribution in [3.05, 3.63) is 60.2 Å². The molecule has 2 aromatic rings. The van der Waals surface area contributed by atoms with Crippen LogP contribution in [-0.4, -0.2) is 34.0 Å². The first-order valence-electron chi connectivity index (χ1n) is 8.80. The average Bonchev–Trinajstić information content (AvgIpc) is 2.66. The molecule has 7 heteroatoms. The minimum atomic E-state index is -3.85. The molecule has 27 heavy (non-hydrogen) atoms. The van der Waals surface area contributed by atoms with E-state index in [4.69, 9.17) is 4.74 Å². The minimum Gasteiger partial charge on any atom is -0.497 e. The molecule has 2 aromatic carbocycles. The third-order valence-corrected chi connectivity index (χ3v) is 5.44. The molecule has 0 aliphatic heterocycles. The number of nitrogens with one attached hydrogen (secondary N) is 2. The molecule has 0 aliphatic carbocycles. The van der Waals surface area contributed by atoms with Crippen LogP contribution in [0.4, 0.5) is 0 Å². The van der Waals surface area contributed by atoms with E-state index in [0.29, 0.717) is 12.3 Å². The molecule has 0 heterocycles. The second-order valence-electron chi connectivity index (χ2n) is 6.68. The summed E-state index contributed by atoms with van der Waals surface area (Å²) in [6.07, 6.45) is 0.264. The number of hydrogen-bond acceptors (Lipinski definition) is 4. The van der Waals surface area contributed by atoms with Gasteiger partial charge in [0.05, 0.1) is 12.0 Å². The van der Waals surface area contributed by atoms with Crippen LogP contribution in [0, 0.1) is 5.92 Å². The molecule has 0 bridgehead atoms. The number of rotatable bonds is 9. The molecule has 1 amide bonds. The van der Waals surface area contributed by atoms with Crippen molar-refractivity contribution in [2.24, 2.45) is 5.92 Å². The van der Waals surface area contributed by atoms with Crippen LogP contribution in [0.1, 0.15) is 19.4 Å². The molecule has 0 saturated carbocycles. The molecule has 2 rings (SSSR count). The molecule has 0 spiro atoms. The molecule has 0 radical (unpaired) electrons. The molecule has 6 nitrogen and oxygen atoms in total. The Balaban J connectivity index is 2.21. The smallest absolute Gasteiger partial charge is 0.241 e. The zero-order valence-electron chi connectivity index (χ0n) is 15.8. The maximum absolute atomic E-state index is 12.7. The van der Waals surface area contributed by atoms with Crippen molar-refractivity contribution in [1.82, 2.24) is 10.0 Å². The van der Waals surface area contributed by atoms with Crippen LogP contribution in [0.5, 0.6) is 5.75 Å². The van der Waals surface area contributed by atoms with Gasteiger partial charge in [0, 0.05) is 6.54 Å². The Morgan fingerprint density at radius 3 is 2.22 bits per heavy atom. The fourth-order valence-corrected chi connectivity index (χ4v) is 3.67. The fraction of sp³-hybridized carbons (Fsp3) is 0.350. The van der Waals surface area contributed by atoms with Gasteiger partial charge in [-0.25, -0.2) is 8.42 Å². The number of amides is 1. The van der Waals surface area contributed by atoms with E-state index < -0.39 is 16.1 Å². The first kappa shape index (κ1) is 20.9. The number of hydrogen-bond donors (Lipinski definition) is 2. The number of ether oxygens (including phenoxy) is 1. The van der Waals surface area contributed by atoms with Gasteiger partial charge in [-0.15, -0.1) is 0 Å². The van der Waals surface area contributed by atoms with Gasteiger partial charge in [-0.1, -0.05) is 44.2 Å². The van der Waals surface area contributed by atoms with Crippen LogP contribution in [0.15, 0.2) is 59.5 Å². The standard InChI is InChI=1S/C20H26N2O4S/c1-15(2)14-21-20(23)19(13-16-7-5-4-6-8-16)22-27(24,25)18-11-9-17(26-3)10-12-18/h4-12,15,19,22H,13-14H2,1-3H3,(H,21,23). The molecule has 0 aliphatic rings. The normalized spacial score (nSPS) is 12.6. The lowest BCUT2D eigenvalue weighted by molar-refractivity contribution is -0.122. The van der Waals surface area contributed by atoms with E-state index in [2.05, 4.69) is 10.0 Å². The van der Waals surface area contributed by atoms with Crippen LogP contribution in [-0.2, 0) is 21.2 Å². The van der Waals surface area contributed by atoms with Crippen molar-refractivity contribution in [2.45, 2.75) is 31.2 Å². The van der Waals surface area contributed by atoms with E-state index in [-0.39, 0.29) is 23.1 Å². The van der Waals surface area contributed by atoms with Crippen LogP contribution in [0.2, 0.25) is 0 Å². The van der Waals surface area contributed by atoms with Crippen molar-refractivity contribution >= 4 is 15.9 Å². The Hall–Kier alpha value is -2.38. The summed E-state index contributed by atoms with van der Waals surface area (Å²) < 4.78 is 33.1. The SMILES string of the molecule is COc1ccc(S(=O)(=O)NC(Cc2ccccc2)C(=O)NCC(C)C)cc1. The molecular formula is C20H26N2O4S. The molecular weight excluding hydrogens is 364 g/mol. The van der Waals surface area contributed by atoms with E-state index in [1.54, 1.807) is 12.1 Å². The molecule has 146 valence electrons. The van der Waals surface area contributed by atoms with Crippen molar-refractivity contribution < 1.29 is 17.9 Å². The molecule has 1 unspecified atom stereocenters. The summed E-state index contributed by atoms with van der Waals surface area (Å²) in [5, 5.41) is 2.81. The summed E-state index contributed by atoms with van der Waals surface area (Å²) in [5.74, 6) is 0.485. The van der Waals surface area contributed by atoms with Gasteiger partial charge < -0.3 is 10.1 Å². The van der Waals surface area contributed by atoms with Crippen molar-refractivity contribution in [3.8, 4) is 5.75 Å². The van der Waals surface area contributed by atoms with Crippen LogP contribution >= 0.6 is 0 Å². The lowest BCUT2D eigenvalue weighted by Crippen LogP contribution is -2.48. The monoisotopic (exact) mass is 390 g/mol. The molecule has 0 saturated heterocycles. The second-order valence-corrected chi connectivity index (χ2v) is 8.39. The van der Waals surface area contributed by atoms with Gasteiger partial charge in [-0.3, -0.25) is 4.79 Å². The highest BCUT2D eigenvalue weighted by molar-refractivity contribution is 7.89. The van der Waals surface area contributed by atoms with Gasteiger partial charge >= 0.3 is 0 Å². The largest absolute Gasteiger partial charge is 0.497 e. The van der Waals surface area contributed by atoms with Gasteiger partial charge in [0.15, 0.2) is 0 Å². The van der Waals surface area contributed by atoms with Gasteiger partial charge in [0.25, 0.3) is 0 Å². The van der Waals surface area contributed by atoms with E-state index in [0.717, 1.165) is 5.56 Å². The quantitative estimate of drug-likeness (QED) is 0.688. The minimum absolute atomic E-state index is 0.0815. The Morgan fingerprint density at radius 2 is 1.67 bits per heavy atom. The van der Waals surface area contributed by atoms with Gasteiger partial charge in [0.2, 0.25) is 15.9 Å². The Labute approximate surface area is 161 Å². The van der Waals surface area contributed by atoms with E-state index in [1.165, 1.54) is 19.2 Å². The summed E-state index contributed by atoms with van der Waals surface area (Å²) in [6, 6.07) is 14.5. The zero-order valence-corrected chi connectivity index (χ0v) is 16.6. The predicted octanol–water partition coefficient (Wildman–Crippen LogP) is 2.36. The predicted molar refractivity (Wildman–Crippen MR) is 105 cm³/mol. The highest BCUT2D eigenvalue weighted by Gasteiger charge is 2.26. The number of sulfonamides is 1. The second kappa shape index (κ2) is 9.53. The van der Waals surface area contributed by atoms with Crippen molar-refractivity contribution in [3.63, 3.8) is 0 Å². The maximum atomic E-state index is 12.7. The summed E-state index contributed by atoms with van der Waals surface area (Å²) >= 11 is 0. The Morgan fingerprint density at radius 1 is 1.04 bits per heavy atom. The van der Waals surface area contributed by atoms with Gasteiger partial charge in [0.1, 0.15) is 11.8 Å². The lowest BCUT2D eigenvalue weighted by atomic mass is 10.1.